The first-order chi connectivity index (χ1) is 12.6. The standard InChI is InChI=1S/C18H14BrF3N2O3/c19-13-8-6-11(7-9-13)14-10-17(27,18(20,21)22)24(23-14)16(26)15(25)12-4-2-1-3-5-12/h1-9,15,25,27H,10H2/t15-,17+/m1/s1. The topological polar surface area (TPSA) is 73.1 Å². The van der Waals surface area contributed by atoms with Crippen molar-refractivity contribution in [1.29, 1.82) is 0 Å². The molecule has 0 bridgehead atoms. The van der Waals surface area contributed by atoms with Crippen molar-refractivity contribution in [2.24, 2.45) is 5.10 Å². The molecule has 0 aliphatic carbocycles. The second-order valence-corrected chi connectivity index (χ2v) is 6.92. The van der Waals surface area contributed by atoms with Gasteiger partial charge in [-0.25, -0.2) is 0 Å². The van der Waals surface area contributed by atoms with Crippen LogP contribution in [0.3, 0.4) is 0 Å². The van der Waals surface area contributed by atoms with E-state index in [0.717, 1.165) is 0 Å². The summed E-state index contributed by atoms with van der Waals surface area (Å²) in [7, 11) is 0. The van der Waals surface area contributed by atoms with E-state index >= 15 is 0 Å². The van der Waals surface area contributed by atoms with Gasteiger partial charge in [-0.3, -0.25) is 4.79 Å². The maximum atomic E-state index is 13.6. The smallest absolute Gasteiger partial charge is 0.378 e. The number of hydrazone groups is 1. The van der Waals surface area contributed by atoms with Crippen LogP contribution in [0, 0.1) is 0 Å². The van der Waals surface area contributed by atoms with E-state index in [-0.39, 0.29) is 16.3 Å². The molecule has 142 valence electrons. The normalized spacial score (nSPS) is 21.1. The zero-order chi connectivity index (χ0) is 19.8. The Hall–Kier alpha value is -2.23. The number of aliphatic hydroxyl groups is 2. The molecular formula is C18H14BrF3N2O3. The Morgan fingerprint density at radius 2 is 1.74 bits per heavy atom. The first kappa shape index (κ1) is 19.5. The third kappa shape index (κ3) is 3.62. The molecule has 9 heteroatoms. The van der Waals surface area contributed by atoms with Gasteiger partial charge in [-0.1, -0.05) is 58.4 Å². The lowest BCUT2D eigenvalue weighted by molar-refractivity contribution is -0.303. The lowest BCUT2D eigenvalue weighted by atomic mass is 10.0. The Kier molecular flexibility index (Phi) is 5.11. The van der Waals surface area contributed by atoms with E-state index in [0.29, 0.717) is 10.0 Å². The third-order valence-electron chi connectivity index (χ3n) is 4.17. The molecule has 2 N–H and O–H groups in total. The SMILES string of the molecule is O=C([C@H](O)c1ccccc1)N1N=C(c2ccc(Br)cc2)C[C@]1(O)C(F)(F)F. The van der Waals surface area contributed by atoms with Crippen molar-refractivity contribution in [2.75, 3.05) is 0 Å². The molecule has 2 aromatic carbocycles. The summed E-state index contributed by atoms with van der Waals surface area (Å²) in [5, 5.41) is 24.1. The molecule has 2 atom stereocenters. The van der Waals surface area contributed by atoms with Crippen molar-refractivity contribution >= 4 is 27.5 Å². The number of carbonyl (C=O) groups is 1. The molecule has 0 spiro atoms. The number of rotatable bonds is 3. The van der Waals surface area contributed by atoms with E-state index < -0.39 is 30.3 Å². The fourth-order valence-electron chi connectivity index (χ4n) is 2.69. The molecule has 3 rings (SSSR count). The highest BCUT2D eigenvalue weighted by atomic mass is 79.9. The molecule has 0 unspecified atom stereocenters. The van der Waals surface area contributed by atoms with Gasteiger partial charge in [-0.05, 0) is 23.3 Å². The van der Waals surface area contributed by atoms with Crippen LogP contribution < -0.4 is 0 Å². The lowest BCUT2D eigenvalue weighted by Gasteiger charge is -2.33. The minimum atomic E-state index is -5.17. The molecule has 1 amide bonds. The van der Waals surface area contributed by atoms with Crippen molar-refractivity contribution in [3.05, 3.63) is 70.2 Å². The zero-order valence-corrected chi connectivity index (χ0v) is 15.3. The van der Waals surface area contributed by atoms with Gasteiger partial charge in [0.2, 0.25) is 0 Å². The summed E-state index contributed by atoms with van der Waals surface area (Å²) in [6.07, 6.45) is -8.00. The van der Waals surface area contributed by atoms with Gasteiger partial charge in [0, 0.05) is 4.47 Å². The number of nitrogens with zero attached hydrogens (tertiary/aromatic N) is 2. The molecule has 0 saturated heterocycles. The van der Waals surface area contributed by atoms with Crippen LogP contribution in [0.2, 0.25) is 0 Å². The van der Waals surface area contributed by atoms with Crippen molar-refractivity contribution in [3.63, 3.8) is 0 Å². The maximum absolute atomic E-state index is 13.6. The molecule has 5 nitrogen and oxygen atoms in total. The molecule has 0 saturated carbocycles. The van der Waals surface area contributed by atoms with Crippen LogP contribution in [-0.4, -0.2) is 38.7 Å². The maximum Gasteiger partial charge on any atom is 0.438 e. The van der Waals surface area contributed by atoms with Crippen molar-refractivity contribution in [1.82, 2.24) is 5.01 Å². The van der Waals surface area contributed by atoms with Gasteiger partial charge in [0.1, 0.15) is 0 Å². The van der Waals surface area contributed by atoms with Gasteiger partial charge in [-0.15, -0.1) is 0 Å². The third-order valence-corrected chi connectivity index (χ3v) is 4.70. The summed E-state index contributed by atoms with van der Waals surface area (Å²) in [4.78, 5) is 12.5. The van der Waals surface area contributed by atoms with Gasteiger partial charge < -0.3 is 10.2 Å². The highest BCUT2D eigenvalue weighted by Crippen LogP contribution is 2.42. The molecule has 1 heterocycles. The summed E-state index contributed by atoms with van der Waals surface area (Å²) in [5.41, 5.74) is -3.23. The van der Waals surface area contributed by atoms with E-state index in [2.05, 4.69) is 21.0 Å². The van der Waals surface area contributed by atoms with Crippen LogP contribution in [0.4, 0.5) is 13.2 Å². The number of amides is 1. The van der Waals surface area contributed by atoms with Gasteiger partial charge >= 0.3 is 6.18 Å². The Bertz CT molecular complexity index is 872. The Morgan fingerprint density at radius 3 is 2.30 bits per heavy atom. The summed E-state index contributed by atoms with van der Waals surface area (Å²) >= 11 is 3.22. The van der Waals surface area contributed by atoms with Gasteiger partial charge in [0.15, 0.2) is 6.10 Å². The van der Waals surface area contributed by atoms with Crippen molar-refractivity contribution in [3.8, 4) is 0 Å². The first-order valence-electron chi connectivity index (χ1n) is 7.83. The molecule has 1 aliphatic rings. The molecule has 2 aromatic rings. The summed E-state index contributed by atoms with van der Waals surface area (Å²) in [6, 6.07) is 13.7. The van der Waals surface area contributed by atoms with Gasteiger partial charge in [0.05, 0.1) is 12.1 Å². The van der Waals surface area contributed by atoms with Crippen LogP contribution in [0.1, 0.15) is 23.7 Å². The van der Waals surface area contributed by atoms with Crippen LogP contribution >= 0.6 is 15.9 Å². The molecular weight excluding hydrogens is 429 g/mol. The molecule has 0 aromatic heterocycles. The van der Waals surface area contributed by atoms with Crippen LogP contribution in [0.25, 0.3) is 0 Å². The number of aliphatic hydroxyl groups excluding tert-OH is 1. The van der Waals surface area contributed by atoms with E-state index in [1.165, 1.54) is 36.4 Å². The number of alkyl halides is 3. The quantitative estimate of drug-likeness (QED) is 0.765. The molecule has 27 heavy (non-hydrogen) atoms. The van der Waals surface area contributed by atoms with E-state index in [1.54, 1.807) is 18.2 Å². The number of hydrogen-bond acceptors (Lipinski definition) is 4. The largest absolute Gasteiger partial charge is 0.438 e. The minimum absolute atomic E-state index is 0.0674. The summed E-state index contributed by atoms with van der Waals surface area (Å²) in [6.45, 7) is 0. The summed E-state index contributed by atoms with van der Waals surface area (Å²) in [5.74, 6) is -1.37. The lowest BCUT2D eigenvalue weighted by Crippen LogP contribution is -2.57. The van der Waals surface area contributed by atoms with Gasteiger partial charge in [0.25, 0.3) is 11.6 Å². The van der Waals surface area contributed by atoms with Crippen molar-refractivity contribution < 1.29 is 28.2 Å². The Morgan fingerprint density at radius 1 is 1.15 bits per heavy atom. The van der Waals surface area contributed by atoms with Crippen molar-refractivity contribution in [2.45, 2.75) is 24.4 Å². The second-order valence-electron chi connectivity index (χ2n) is 6.01. The molecule has 0 radical (unpaired) electrons. The fourth-order valence-corrected chi connectivity index (χ4v) is 2.96. The predicted molar refractivity (Wildman–Crippen MR) is 94.5 cm³/mol. The molecule has 0 fully saturated rings. The van der Waals surface area contributed by atoms with E-state index in [1.807, 2.05) is 0 Å². The van der Waals surface area contributed by atoms with Crippen LogP contribution in [0.15, 0.2) is 64.2 Å². The average Bonchev–Trinajstić information content (AvgIpc) is 3.00. The molecule has 1 aliphatic heterocycles. The monoisotopic (exact) mass is 442 g/mol. The number of hydrogen-bond donors (Lipinski definition) is 2. The van der Waals surface area contributed by atoms with Crippen LogP contribution in [0.5, 0.6) is 0 Å². The average molecular weight is 443 g/mol. The Labute approximate surface area is 160 Å². The fraction of sp³-hybridized carbons (Fsp3) is 0.222. The van der Waals surface area contributed by atoms with E-state index in [9.17, 15) is 28.2 Å². The van der Waals surface area contributed by atoms with E-state index in [4.69, 9.17) is 0 Å². The predicted octanol–water partition coefficient (Wildman–Crippen LogP) is 3.37. The zero-order valence-electron chi connectivity index (χ0n) is 13.7. The Balaban J connectivity index is 2.00. The van der Waals surface area contributed by atoms with Gasteiger partial charge in [-0.2, -0.15) is 23.3 Å². The minimum Gasteiger partial charge on any atom is -0.378 e. The first-order valence-corrected chi connectivity index (χ1v) is 8.62. The highest BCUT2D eigenvalue weighted by molar-refractivity contribution is 9.10. The van der Waals surface area contributed by atoms with Crippen LogP contribution in [-0.2, 0) is 4.79 Å². The highest BCUT2D eigenvalue weighted by Gasteiger charge is 2.63. The second kappa shape index (κ2) is 7.06. The summed E-state index contributed by atoms with van der Waals surface area (Å²) < 4.78 is 41.4. The number of benzene rings is 2. The number of halogens is 4. The number of carbonyl (C=O) groups excluding carboxylic acids is 1.